The molecular formula is C5H7F2I2N. The zero-order valence-corrected chi connectivity index (χ0v) is 9.47. The van der Waals surface area contributed by atoms with Crippen LogP contribution in [-0.2, 0) is 0 Å². The normalized spacial score (nSPS) is 34.2. The van der Waals surface area contributed by atoms with E-state index in [4.69, 9.17) is 0 Å². The Kier molecular flexibility index (Phi) is 3.13. The molecule has 10 heavy (non-hydrogen) atoms. The summed E-state index contributed by atoms with van der Waals surface area (Å²) in [6, 6.07) is 0. The molecule has 1 fully saturated rings. The predicted molar refractivity (Wildman–Crippen MR) is 52.7 cm³/mol. The van der Waals surface area contributed by atoms with Crippen molar-refractivity contribution in [2.45, 2.75) is 22.8 Å². The molecule has 1 rings (SSSR count). The number of hydrogen-bond acceptors (Lipinski definition) is 1. The van der Waals surface area contributed by atoms with Gasteiger partial charge in [-0.2, -0.15) is 0 Å². The van der Waals surface area contributed by atoms with Gasteiger partial charge in [-0.25, -0.2) is 11.9 Å². The first-order valence-corrected chi connectivity index (χ1v) is 5.17. The molecule has 1 aliphatic heterocycles. The van der Waals surface area contributed by atoms with Crippen molar-refractivity contribution in [3.05, 3.63) is 0 Å². The van der Waals surface area contributed by atoms with Gasteiger partial charge < -0.3 is 0 Å². The van der Waals surface area contributed by atoms with E-state index in [0.29, 0.717) is 6.54 Å². The van der Waals surface area contributed by atoms with E-state index in [1.165, 1.54) is 0 Å². The van der Waals surface area contributed by atoms with E-state index < -0.39 is 5.92 Å². The number of halogens is 4. The van der Waals surface area contributed by atoms with Gasteiger partial charge in [0.25, 0.3) is 5.92 Å². The standard InChI is InChI=1S/C5H7F2I2N/c6-5(7)1-2-10(9)4(8)3-5/h4H,1-3H2/t4-/m0/s1. The molecule has 0 amide bonds. The lowest BCUT2D eigenvalue weighted by Crippen LogP contribution is -2.38. The minimum atomic E-state index is -2.42. The maximum Gasteiger partial charge on any atom is 0.251 e. The Balaban J connectivity index is 2.49. The lowest BCUT2D eigenvalue weighted by Gasteiger charge is -2.31. The molecule has 0 aromatic heterocycles. The summed E-state index contributed by atoms with van der Waals surface area (Å²) < 4.78 is 27.1. The van der Waals surface area contributed by atoms with Gasteiger partial charge in [-0.15, -0.1) is 0 Å². The second-order valence-electron chi connectivity index (χ2n) is 2.37. The maximum absolute atomic E-state index is 12.6. The molecule has 1 aliphatic rings. The average Bonchev–Trinajstić information content (AvgIpc) is 1.79. The fourth-order valence-corrected chi connectivity index (χ4v) is 2.22. The molecule has 0 unspecified atom stereocenters. The summed E-state index contributed by atoms with van der Waals surface area (Å²) in [7, 11) is 0. The van der Waals surface area contributed by atoms with Crippen LogP contribution in [0.25, 0.3) is 0 Å². The van der Waals surface area contributed by atoms with Crippen molar-refractivity contribution in [2.24, 2.45) is 0 Å². The van der Waals surface area contributed by atoms with Crippen molar-refractivity contribution in [1.29, 1.82) is 0 Å². The highest BCUT2D eigenvalue weighted by Crippen LogP contribution is 2.35. The molecule has 1 saturated heterocycles. The Bertz CT molecular complexity index is 131. The molecule has 0 radical (unpaired) electrons. The topological polar surface area (TPSA) is 3.24 Å². The van der Waals surface area contributed by atoms with Crippen LogP contribution >= 0.6 is 45.5 Å². The minimum Gasteiger partial charge on any atom is -0.234 e. The summed E-state index contributed by atoms with van der Waals surface area (Å²) in [5, 5.41) is 0. The van der Waals surface area contributed by atoms with E-state index in [9.17, 15) is 8.78 Å². The van der Waals surface area contributed by atoms with Crippen molar-refractivity contribution in [3.8, 4) is 0 Å². The average molecular weight is 373 g/mol. The fraction of sp³-hybridized carbons (Fsp3) is 1.00. The summed E-state index contributed by atoms with van der Waals surface area (Å²) in [6.07, 6.45) is 0.00589. The third kappa shape index (κ3) is 2.40. The SMILES string of the molecule is FC1(F)CCN(I)[C@H](I)C1. The number of piperidine rings is 1. The van der Waals surface area contributed by atoms with Gasteiger partial charge in [0.05, 0.1) is 4.05 Å². The molecule has 60 valence electrons. The molecule has 0 aromatic rings. The number of alkyl halides is 3. The monoisotopic (exact) mass is 373 g/mol. The first-order valence-electron chi connectivity index (χ1n) is 2.95. The van der Waals surface area contributed by atoms with Crippen LogP contribution in [0.1, 0.15) is 12.8 Å². The van der Waals surface area contributed by atoms with Crippen molar-refractivity contribution in [3.63, 3.8) is 0 Å². The van der Waals surface area contributed by atoms with E-state index in [-0.39, 0.29) is 16.9 Å². The molecule has 0 N–H and O–H groups in total. The van der Waals surface area contributed by atoms with Crippen LogP contribution in [0.5, 0.6) is 0 Å². The number of nitrogens with zero attached hydrogens (tertiary/aromatic N) is 1. The Hall–Kier alpha value is 1.28. The largest absolute Gasteiger partial charge is 0.251 e. The van der Waals surface area contributed by atoms with Crippen LogP contribution in [-0.4, -0.2) is 19.6 Å². The maximum atomic E-state index is 12.6. The number of rotatable bonds is 0. The van der Waals surface area contributed by atoms with Gasteiger partial charge in [0, 0.05) is 42.3 Å². The lowest BCUT2D eigenvalue weighted by atomic mass is 10.1. The van der Waals surface area contributed by atoms with Gasteiger partial charge >= 0.3 is 0 Å². The Labute approximate surface area is 86.2 Å². The van der Waals surface area contributed by atoms with Crippen LogP contribution < -0.4 is 0 Å². The summed E-state index contributed by atoms with van der Waals surface area (Å²) in [4.78, 5) is 0. The molecular weight excluding hydrogens is 366 g/mol. The molecule has 1 nitrogen and oxygen atoms in total. The van der Waals surface area contributed by atoms with Crippen molar-refractivity contribution < 1.29 is 8.78 Å². The molecule has 1 atom stereocenters. The summed E-state index contributed by atoms with van der Waals surface area (Å²) >= 11 is 4.14. The van der Waals surface area contributed by atoms with E-state index in [2.05, 4.69) is 22.9 Å². The molecule has 0 spiro atoms. The van der Waals surface area contributed by atoms with E-state index in [0.717, 1.165) is 0 Å². The zero-order valence-electron chi connectivity index (χ0n) is 5.16. The Morgan fingerprint density at radius 2 is 2.10 bits per heavy atom. The van der Waals surface area contributed by atoms with E-state index in [1.807, 2.05) is 25.7 Å². The third-order valence-corrected chi connectivity index (χ3v) is 4.80. The minimum absolute atomic E-state index is 0.00347. The van der Waals surface area contributed by atoms with Crippen LogP contribution in [0, 0.1) is 0 Å². The summed E-state index contributed by atoms with van der Waals surface area (Å²) in [5.41, 5.74) is 0. The smallest absolute Gasteiger partial charge is 0.234 e. The van der Waals surface area contributed by atoms with Crippen LogP contribution in [0.4, 0.5) is 8.78 Å². The summed E-state index contributed by atoms with van der Waals surface area (Å²) in [5.74, 6) is -2.42. The molecule has 0 aromatic carbocycles. The Morgan fingerprint density at radius 1 is 1.50 bits per heavy atom. The molecule has 1 heterocycles. The summed E-state index contributed by atoms with van der Waals surface area (Å²) in [6.45, 7) is 0.501. The predicted octanol–water partition coefficient (Wildman–Crippen LogP) is 2.83. The highest BCUT2D eigenvalue weighted by molar-refractivity contribution is 14.1. The van der Waals surface area contributed by atoms with Gasteiger partial charge in [-0.05, 0) is 0 Å². The van der Waals surface area contributed by atoms with Gasteiger partial charge in [0.15, 0.2) is 0 Å². The van der Waals surface area contributed by atoms with Crippen LogP contribution in [0.3, 0.4) is 0 Å². The van der Waals surface area contributed by atoms with Crippen molar-refractivity contribution in [2.75, 3.05) is 6.54 Å². The highest BCUT2D eigenvalue weighted by atomic mass is 127. The van der Waals surface area contributed by atoms with Crippen LogP contribution in [0.2, 0.25) is 0 Å². The van der Waals surface area contributed by atoms with E-state index >= 15 is 0 Å². The molecule has 0 saturated carbocycles. The highest BCUT2D eigenvalue weighted by Gasteiger charge is 2.38. The second kappa shape index (κ2) is 3.34. The van der Waals surface area contributed by atoms with E-state index in [1.54, 1.807) is 0 Å². The van der Waals surface area contributed by atoms with Crippen molar-refractivity contribution in [1.82, 2.24) is 3.11 Å². The first kappa shape index (κ1) is 9.37. The quantitative estimate of drug-likeness (QED) is 0.273. The fourth-order valence-electron chi connectivity index (χ4n) is 0.858. The van der Waals surface area contributed by atoms with Gasteiger partial charge in [0.2, 0.25) is 0 Å². The molecule has 5 heteroatoms. The van der Waals surface area contributed by atoms with Gasteiger partial charge in [-0.1, -0.05) is 22.6 Å². The van der Waals surface area contributed by atoms with Crippen molar-refractivity contribution >= 4 is 45.5 Å². The Morgan fingerprint density at radius 3 is 2.50 bits per heavy atom. The number of hydrogen-bond donors (Lipinski definition) is 0. The van der Waals surface area contributed by atoms with Crippen LogP contribution in [0.15, 0.2) is 0 Å². The second-order valence-corrected chi connectivity index (χ2v) is 5.05. The first-order chi connectivity index (χ1) is 4.51. The lowest BCUT2D eigenvalue weighted by molar-refractivity contribution is -0.0401. The van der Waals surface area contributed by atoms with Gasteiger partial charge in [0.1, 0.15) is 0 Å². The molecule has 0 aliphatic carbocycles. The van der Waals surface area contributed by atoms with Gasteiger partial charge in [-0.3, -0.25) is 0 Å². The third-order valence-electron chi connectivity index (χ3n) is 1.46. The zero-order chi connectivity index (χ0) is 7.78. The molecule has 0 bridgehead atoms.